The number of carboxylic acid groups (broad SMARTS) is 1. The SMILES string of the molecule is CN(C(=O)O)C1=C2OC(C)(C)CC=C2C=C1. The quantitative estimate of drug-likeness (QED) is 0.740. The molecule has 0 saturated carbocycles. The highest BCUT2D eigenvalue weighted by Crippen LogP contribution is 2.37. The third-order valence-corrected chi connectivity index (χ3v) is 2.76. The van der Waals surface area contributed by atoms with Crippen LogP contribution in [-0.4, -0.2) is 28.7 Å². The Hall–Kier alpha value is -1.71. The average molecular weight is 221 g/mol. The Morgan fingerprint density at radius 2 is 2.19 bits per heavy atom. The lowest BCUT2D eigenvalue weighted by molar-refractivity contribution is 0.0320. The van der Waals surface area contributed by atoms with Crippen molar-refractivity contribution in [2.75, 3.05) is 7.05 Å². The van der Waals surface area contributed by atoms with Crippen molar-refractivity contribution >= 4 is 6.09 Å². The summed E-state index contributed by atoms with van der Waals surface area (Å²) >= 11 is 0. The predicted octanol–water partition coefficient (Wildman–Crippen LogP) is 2.50. The summed E-state index contributed by atoms with van der Waals surface area (Å²) in [6.07, 6.45) is 5.59. The van der Waals surface area contributed by atoms with Gasteiger partial charge in [-0.25, -0.2) is 4.79 Å². The van der Waals surface area contributed by atoms with Crippen LogP contribution in [0.3, 0.4) is 0 Å². The van der Waals surface area contributed by atoms with Crippen LogP contribution in [-0.2, 0) is 4.74 Å². The van der Waals surface area contributed by atoms with Gasteiger partial charge in [-0.05, 0) is 26.0 Å². The third-order valence-electron chi connectivity index (χ3n) is 2.76. The molecular weight excluding hydrogens is 206 g/mol. The van der Waals surface area contributed by atoms with Gasteiger partial charge in [-0.15, -0.1) is 0 Å². The highest BCUT2D eigenvalue weighted by molar-refractivity contribution is 5.70. The van der Waals surface area contributed by atoms with Gasteiger partial charge in [0.25, 0.3) is 0 Å². The topological polar surface area (TPSA) is 49.8 Å². The highest BCUT2D eigenvalue weighted by Gasteiger charge is 2.31. The monoisotopic (exact) mass is 221 g/mol. The van der Waals surface area contributed by atoms with Gasteiger partial charge in [0.15, 0.2) is 5.76 Å². The molecular formula is C12H15NO3. The van der Waals surface area contributed by atoms with E-state index in [0.29, 0.717) is 11.5 Å². The van der Waals surface area contributed by atoms with Gasteiger partial charge >= 0.3 is 6.09 Å². The lowest BCUT2D eigenvalue weighted by atomic mass is 9.99. The van der Waals surface area contributed by atoms with Gasteiger partial charge in [-0.1, -0.05) is 6.08 Å². The van der Waals surface area contributed by atoms with Gasteiger partial charge in [0, 0.05) is 19.0 Å². The number of allylic oxidation sites excluding steroid dienone is 2. The molecule has 0 unspecified atom stereocenters. The molecule has 1 aliphatic carbocycles. The van der Waals surface area contributed by atoms with E-state index >= 15 is 0 Å². The Morgan fingerprint density at radius 3 is 2.81 bits per heavy atom. The fourth-order valence-electron chi connectivity index (χ4n) is 1.78. The molecule has 0 atom stereocenters. The summed E-state index contributed by atoms with van der Waals surface area (Å²) in [5.41, 5.74) is 1.31. The van der Waals surface area contributed by atoms with E-state index in [1.54, 1.807) is 6.08 Å². The maximum Gasteiger partial charge on any atom is 0.411 e. The first-order valence-corrected chi connectivity index (χ1v) is 5.19. The molecule has 16 heavy (non-hydrogen) atoms. The summed E-state index contributed by atoms with van der Waals surface area (Å²) in [5.74, 6) is 0.668. The minimum absolute atomic E-state index is 0.268. The maximum absolute atomic E-state index is 10.9. The molecule has 1 aliphatic heterocycles. The molecule has 0 aromatic rings. The molecule has 0 spiro atoms. The Kier molecular flexibility index (Phi) is 2.30. The van der Waals surface area contributed by atoms with Crippen LogP contribution in [0.1, 0.15) is 20.3 Å². The van der Waals surface area contributed by atoms with Gasteiger partial charge in [0.1, 0.15) is 5.60 Å². The molecule has 0 aromatic carbocycles. The van der Waals surface area contributed by atoms with Crippen molar-refractivity contribution in [3.63, 3.8) is 0 Å². The van der Waals surface area contributed by atoms with E-state index in [0.717, 1.165) is 12.0 Å². The van der Waals surface area contributed by atoms with Gasteiger partial charge in [0.05, 0.1) is 5.70 Å². The highest BCUT2D eigenvalue weighted by atomic mass is 16.5. The lowest BCUT2D eigenvalue weighted by Gasteiger charge is -2.32. The molecule has 2 rings (SSSR count). The summed E-state index contributed by atoms with van der Waals surface area (Å²) in [4.78, 5) is 12.1. The number of carbonyl (C=O) groups is 1. The molecule has 1 amide bonds. The summed E-state index contributed by atoms with van der Waals surface area (Å²) in [6.45, 7) is 3.98. The zero-order valence-corrected chi connectivity index (χ0v) is 9.65. The van der Waals surface area contributed by atoms with Gasteiger partial charge in [0.2, 0.25) is 0 Å². The number of hydrogen-bond donors (Lipinski definition) is 1. The van der Waals surface area contributed by atoms with Gasteiger partial charge in [-0.2, -0.15) is 0 Å². The fraction of sp³-hybridized carbons (Fsp3) is 0.417. The van der Waals surface area contributed by atoms with Crippen LogP contribution >= 0.6 is 0 Å². The Morgan fingerprint density at radius 1 is 1.50 bits per heavy atom. The third kappa shape index (κ3) is 1.71. The zero-order valence-electron chi connectivity index (χ0n) is 9.65. The minimum atomic E-state index is -0.986. The van der Waals surface area contributed by atoms with E-state index in [1.807, 2.05) is 19.9 Å². The van der Waals surface area contributed by atoms with Crippen LogP contribution in [0.15, 0.2) is 35.3 Å². The maximum atomic E-state index is 10.9. The molecule has 4 nitrogen and oxygen atoms in total. The molecule has 2 aliphatic rings. The number of rotatable bonds is 1. The molecule has 1 N–H and O–H groups in total. The van der Waals surface area contributed by atoms with Crippen molar-refractivity contribution in [3.05, 3.63) is 35.3 Å². The van der Waals surface area contributed by atoms with Gasteiger partial charge in [-0.3, -0.25) is 4.90 Å². The number of likely N-dealkylation sites (N-methyl/N-ethyl adjacent to an activating group) is 1. The summed E-state index contributed by atoms with van der Waals surface area (Å²) < 4.78 is 5.83. The first kappa shape index (κ1) is 10.8. The second-order valence-corrected chi connectivity index (χ2v) is 4.61. The van der Waals surface area contributed by atoms with E-state index in [1.165, 1.54) is 11.9 Å². The number of ether oxygens (including phenoxy) is 1. The van der Waals surface area contributed by atoms with Gasteiger partial charge < -0.3 is 9.84 Å². The second kappa shape index (κ2) is 3.40. The normalized spacial score (nSPS) is 21.3. The first-order valence-electron chi connectivity index (χ1n) is 5.19. The lowest BCUT2D eigenvalue weighted by Crippen LogP contribution is -2.30. The molecule has 0 radical (unpaired) electrons. The van der Waals surface area contributed by atoms with Crippen molar-refractivity contribution in [2.24, 2.45) is 0 Å². The fourth-order valence-corrected chi connectivity index (χ4v) is 1.78. The van der Waals surface area contributed by atoms with Crippen molar-refractivity contribution in [1.29, 1.82) is 0 Å². The smallest absolute Gasteiger partial charge is 0.411 e. The van der Waals surface area contributed by atoms with Crippen LogP contribution in [0.2, 0.25) is 0 Å². The van der Waals surface area contributed by atoms with Crippen LogP contribution in [0.25, 0.3) is 0 Å². The average Bonchev–Trinajstić information content (AvgIpc) is 2.57. The second-order valence-electron chi connectivity index (χ2n) is 4.61. The van der Waals surface area contributed by atoms with Crippen LogP contribution in [0, 0.1) is 0 Å². The van der Waals surface area contributed by atoms with E-state index in [-0.39, 0.29) is 5.60 Å². The van der Waals surface area contributed by atoms with Crippen molar-refractivity contribution in [2.45, 2.75) is 25.9 Å². The summed E-state index contributed by atoms with van der Waals surface area (Å²) in [5, 5.41) is 8.95. The van der Waals surface area contributed by atoms with E-state index in [9.17, 15) is 4.79 Å². The van der Waals surface area contributed by atoms with Crippen molar-refractivity contribution < 1.29 is 14.6 Å². The molecule has 4 heteroatoms. The standard InChI is InChI=1S/C12H15NO3/c1-12(2)7-6-8-4-5-9(10(8)16-12)13(3)11(14)15/h4-6H,7H2,1-3H3,(H,14,15). The Labute approximate surface area is 94.5 Å². The van der Waals surface area contributed by atoms with Crippen LogP contribution in [0.4, 0.5) is 4.79 Å². The minimum Gasteiger partial charge on any atom is -0.485 e. The van der Waals surface area contributed by atoms with E-state index < -0.39 is 6.09 Å². The van der Waals surface area contributed by atoms with Crippen molar-refractivity contribution in [1.82, 2.24) is 4.90 Å². The van der Waals surface area contributed by atoms with E-state index in [2.05, 4.69) is 6.08 Å². The van der Waals surface area contributed by atoms with E-state index in [4.69, 9.17) is 9.84 Å². The Balaban J connectivity index is 2.39. The predicted molar refractivity (Wildman–Crippen MR) is 59.8 cm³/mol. The van der Waals surface area contributed by atoms with Crippen LogP contribution < -0.4 is 0 Å². The molecule has 0 fully saturated rings. The number of hydrogen-bond acceptors (Lipinski definition) is 2. The first-order chi connectivity index (χ1) is 7.41. The number of nitrogens with zero attached hydrogens (tertiary/aromatic N) is 1. The number of amides is 1. The molecule has 0 bridgehead atoms. The Bertz CT molecular complexity index is 430. The number of fused-ring (bicyclic) bond motifs is 1. The molecule has 0 saturated heterocycles. The summed E-state index contributed by atoms with van der Waals surface area (Å²) in [6, 6.07) is 0. The van der Waals surface area contributed by atoms with Crippen LogP contribution in [0.5, 0.6) is 0 Å². The zero-order chi connectivity index (χ0) is 11.9. The molecule has 0 aromatic heterocycles. The van der Waals surface area contributed by atoms with Crippen molar-refractivity contribution in [3.8, 4) is 0 Å². The molecule has 86 valence electrons. The molecule has 1 heterocycles. The largest absolute Gasteiger partial charge is 0.485 e. The summed E-state index contributed by atoms with van der Waals surface area (Å²) in [7, 11) is 1.52.